The van der Waals surface area contributed by atoms with E-state index in [1.165, 1.54) is 80.7 Å². The van der Waals surface area contributed by atoms with Crippen LogP contribution in [0.1, 0.15) is 74.6 Å². The molecular formula is C41H40BNO2. The molecule has 6 aromatic rings. The van der Waals surface area contributed by atoms with Crippen molar-refractivity contribution >= 4 is 44.9 Å². The molecule has 3 heterocycles. The van der Waals surface area contributed by atoms with Gasteiger partial charge < -0.3 is 14.0 Å². The Hall–Kier alpha value is -4.44. The van der Waals surface area contributed by atoms with Crippen LogP contribution in [0, 0.1) is 13.8 Å². The lowest BCUT2D eigenvalue weighted by atomic mass is 9.35. The zero-order valence-corrected chi connectivity index (χ0v) is 27.0. The maximum atomic E-state index is 6.75. The third-order valence-corrected chi connectivity index (χ3v) is 10.00. The lowest BCUT2D eigenvalue weighted by Crippen LogP contribution is -2.57. The van der Waals surface area contributed by atoms with Gasteiger partial charge in [0.15, 0.2) is 0 Å². The number of rotatable bonds is 7. The maximum absolute atomic E-state index is 6.75. The molecule has 0 aliphatic carbocycles. The van der Waals surface area contributed by atoms with Gasteiger partial charge in [-0.05, 0) is 109 Å². The third kappa shape index (κ3) is 4.57. The first-order valence-electron chi connectivity index (χ1n) is 16.8. The molecule has 0 bridgehead atoms. The van der Waals surface area contributed by atoms with Gasteiger partial charge in [0, 0.05) is 28.4 Å². The monoisotopic (exact) mass is 589 g/mol. The fraction of sp³-hybridized carbons (Fsp3) is 0.268. The van der Waals surface area contributed by atoms with Gasteiger partial charge in [-0.15, -0.1) is 0 Å². The van der Waals surface area contributed by atoms with Crippen molar-refractivity contribution in [3.05, 3.63) is 107 Å². The minimum Gasteiger partial charge on any atom is -0.458 e. The lowest BCUT2D eigenvalue weighted by Gasteiger charge is -2.33. The smallest absolute Gasteiger partial charge is 0.260 e. The highest BCUT2D eigenvalue weighted by Crippen LogP contribution is 2.40. The molecule has 5 aromatic carbocycles. The van der Waals surface area contributed by atoms with E-state index in [4.69, 9.17) is 9.47 Å². The van der Waals surface area contributed by atoms with E-state index >= 15 is 0 Å². The van der Waals surface area contributed by atoms with E-state index in [1.54, 1.807) is 0 Å². The van der Waals surface area contributed by atoms with Crippen molar-refractivity contribution in [3.8, 4) is 28.7 Å². The number of unbranched alkanes of at least 4 members (excludes halogenated alkanes) is 1. The predicted octanol–water partition coefficient (Wildman–Crippen LogP) is 9.37. The Balaban J connectivity index is 1.37. The fourth-order valence-corrected chi connectivity index (χ4v) is 7.63. The first-order valence-corrected chi connectivity index (χ1v) is 16.8. The Morgan fingerprint density at radius 2 is 1.29 bits per heavy atom. The molecule has 0 amide bonds. The largest absolute Gasteiger partial charge is 0.458 e. The van der Waals surface area contributed by atoms with Gasteiger partial charge in [0.2, 0.25) is 0 Å². The van der Waals surface area contributed by atoms with Crippen LogP contribution in [0.5, 0.6) is 23.0 Å². The quantitative estimate of drug-likeness (QED) is 0.173. The average molecular weight is 590 g/mol. The molecular weight excluding hydrogens is 549 g/mol. The van der Waals surface area contributed by atoms with Gasteiger partial charge in [-0.3, -0.25) is 0 Å². The summed E-state index contributed by atoms with van der Waals surface area (Å²) in [6, 6.07) is 31.8. The minimum atomic E-state index is 0.0691. The molecule has 45 heavy (non-hydrogen) atoms. The van der Waals surface area contributed by atoms with E-state index in [0.29, 0.717) is 5.92 Å². The summed E-state index contributed by atoms with van der Waals surface area (Å²) in [4.78, 5) is 0. The number of aromatic nitrogens is 1. The number of aryl methyl sites for hydroxylation is 3. The van der Waals surface area contributed by atoms with Gasteiger partial charge in [-0.25, -0.2) is 0 Å². The van der Waals surface area contributed by atoms with Gasteiger partial charge in [0.25, 0.3) is 6.71 Å². The number of hydrogen-bond acceptors (Lipinski definition) is 2. The SMILES string of the molecule is CCCCc1ccc2c(c1)c1cc(C(C)CCC)ccc1n2-c1cc2c3c(c1)Oc1cc(C)ccc1B3c1ccc(C)cc1O2. The first kappa shape index (κ1) is 28.1. The molecule has 8 rings (SSSR count). The van der Waals surface area contributed by atoms with Crippen LogP contribution in [-0.4, -0.2) is 11.3 Å². The van der Waals surface area contributed by atoms with Crippen molar-refractivity contribution in [2.45, 2.75) is 72.6 Å². The Kier molecular flexibility index (Phi) is 6.78. The topological polar surface area (TPSA) is 23.4 Å². The first-order chi connectivity index (χ1) is 21.9. The van der Waals surface area contributed by atoms with E-state index in [1.807, 2.05) is 0 Å². The number of benzene rings is 5. The number of hydrogen-bond donors (Lipinski definition) is 0. The van der Waals surface area contributed by atoms with Gasteiger partial charge >= 0.3 is 0 Å². The zero-order chi connectivity index (χ0) is 30.8. The third-order valence-electron chi connectivity index (χ3n) is 10.00. The van der Waals surface area contributed by atoms with Crippen LogP contribution >= 0.6 is 0 Å². The minimum absolute atomic E-state index is 0.0691. The Morgan fingerprint density at radius 3 is 1.91 bits per heavy atom. The molecule has 1 unspecified atom stereocenters. The molecule has 0 fully saturated rings. The highest BCUT2D eigenvalue weighted by atomic mass is 16.5. The van der Waals surface area contributed by atoms with Crippen LogP contribution in [0.25, 0.3) is 27.5 Å². The molecule has 0 spiro atoms. The fourth-order valence-electron chi connectivity index (χ4n) is 7.63. The summed E-state index contributed by atoms with van der Waals surface area (Å²) in [7, 11) is 0. The molecule has 4 heteroatoms. The van der Waals surface area contributed by atoms with Gasteiger partial charge in [0.05, 0.1) is 16.7 Å². The van der Waals surface area contributed by atoms with Crippen LogP contribution in [0.3, 0.4) is 0 Å². The van der Waals surface area contributed by atoms with Crippen LogP contribution < -0.4 is 25.9 Å². The number of nitrogens with zero attached hydrogens (tertiary/aromatic N) is 1. The van der Waals surface area contributed by atoms with Crippen LogP contribution in [0.15, 0.2) is 84.9 Å². The van der Waals surface area contributed by atoms with E-state index in [-0.39, 0.29) is 6.71 Å². The second kappa shape index (κ2) is 10.9. The van der Waals surface area contributed by atoms with Gasteiger partial charge in [-0.2, -0.15) is 0 Å². The van der Waals surface area contributed by atoms with Gasteiger partial charge in [0.1, 0.15) is 23.0 Å². The highest BCUT2D eigenvalue weighted by Gasteiger charge is 2.40. The molecule has 2 aliphatic heterocycles. The summed E-state index contributed by atoms with van der Waals surface area (Å²) in [5, 5.41) is 2.63. The second-order valence-corrected chi connectivity index (χ2v) is 13.3. The molecule has 0 saturated carbocycles. The van der Waals surface area contributed by atoms with Crippen molar-refractivity contribution in [2.75, 3.05) is 0 Å². The Morgan fingerprint density at radius 1 is 0.667 bits per heavy atom. The molecule has 1 atom stereocenters. The molecule has 224 valence electrons. The second-order valence-electron chi connectivity index (χ2n) is 13.3. The molecule has 0 saturated heterocycles. The van der Waals surface area contributed by atoms with E-state index in [0.717, 1.165) is 40.6 Å². The average Bonchev–Trinajstić information content (AvgIpc) is 3.36. The number of fused-ring (bicyclic) bond motifs is 7. The van der Waals surface area contributed by atoms with Crippen LogP contribution in [0.4, 0.5) is 0 Å². The van der Waals surface area contributed by atoms with E-state index < -0.39 is 0 Å². The van der Waals surface area contributed by atoms with Gasteiger partial charge in [-0.1, -0.05) is 70.0 Å². The normalized spacial score (nSPS) is 13.7. The number of ether oxygens (including phenoxy) is 2. The highest BCUT2D eigenvalue weighted by molar-refractivity contribution is 6.98. The van der Waals surface area contributed by atoms with Crippen molar-refractivity contribution in [1.82, 2.24) is 4.57 Å². The predicted molar refractivity (Wildman–Crippen MR) is 190 cm³/mol. The Labute approximate surface area is 266 Å². The van der Waals surface area contributed by atoms with E-state index in [9.17, 15) is 0 Å². The molecule has 3 nitrogen and oxygen atoms in total. The van der Waals surface area contributed by atoms with Crippen molar-refractivity contribution in [1.29, 1.82) is 0 Å². The molecule has 0 N–H and O–H groups in total. The summed E-state index contributed by atoms with van der Waals surface area (Å²) < 4.78 is 15.9. The molecule has 1 aromatic heterocycles. The van der Waals surface area contributed by atoms with E-state index in [2.05, 4.69) is 124 Å². The summed E-state index contributed by atoms with van der Waals surface area (Å²) in [6.45, 7) is 11.2. The van der Waals surface area contributed by atoms with Crippen molar-refractivity contribution in [2.24, 2.45) is 0 Å². The summed E-state index contributed by atoms with van der Waals surface area (Å²) in [5.41, 5.74) is 12.2. The van der Waals surface area contributed by atoms with Crippen LogP contribution in [0.2, 0.25) is 0 Å². The maximum Gasteiger partial charge on any atom is 0.260 e. The van der Waals surface area contributed by atoms with Crippen molar-refractivity contribution < 1.29 is 9.47 Å². The molecule has 2 aliphatic rings. The zero-order valence-electron chi connectivity index (χ0n) is 27.0. The van der Waals surface area contributed by atoms with Crippen LogP contribution in [-0.2, 0) is 6.42 Å². The lowest BCUT2D eigenvalue weighted by molar-refractivity contribution is 0.464. The molecule has 0 radical (unpaired) electrons. The summed E-state index contributed by atoms with van der Waals surface area (Å²) >= 11 is 0. The standard InChI is InChI=1S/C41H40BNO2/c1-6-8-10-28-13-17-35-31(21-28)32-22-29(27(5)9-7-2)14-18-36(32)43(35)30-23-39-41-40(24-30)45-38-20-26(4)12-16-34(38)42(41)33-15-11-25(3)19-37(33)44-39/h11-24,27H,6-10H2,1-5H3. The van der Waals surface area contributed by atoms with Crippen molar-refractivity contribution in [3.63, 3.8) is 0 Å². The Bertz CT molecular complexity index is 2050. The summed E-state index contributed by atoms with van der Waals surface area (Å²) in [6.07, 6.45) is 5.89. The summed E-state index contributed by atoms with van der Waals surface area (Å²) in [5.74, 6) is 4.14.